The van der Waals surface area contributed by atoms with E-state index in [1.165, 1.54) is 6.26 Å². The zero-order chi connectivity index (χ0) is 17.8. The van der Waals surface area contributed by atoms with Gasteiger partial charge in [-0.15, -0.1) is 0 Å². The minimum absolute atomic E-state index is 0.296. The first-order valence-corrected chi connectivity index (χ1v) is 9.99. The van der Waals surface area contributed by atoms with E-state index in [0.717, 1.165) is 25.5 Å². The average Bonchev–Trinajstić information content (AvgIpc) is 2.87. The van der Waals surface area contributed by atoms with Crippen molar-refractivity contribution in [3.63, 3.8) is 0 Å². The number of ether oxygens (including phenoxy) is 1. The number of likely N-dealkylation sites (tertiary alicyclic amines) is 1. The molecule has 134 valence electrons. The smallest absolute Gasteiger partial charge is 0.193 e. The van der Waals surface area contributed by atoms with E-state index in [-0.39, 0.29) is 0 Å². The van der Waals surface area contributed by atoms with Gasteiger partial charge in [-0.25, -0.2) is 8.42 Å². The van der Waals surface area contributed by atoms with Gasteiger partial charge < -0.3 is 15.0 Å². The summed E-state index contributed by atoms with van der Waals surface area (Å²) >= 11 is 0. The van der Waals surface area contributed by atoms with E-state index in [1.807, 2.05) is 0 Å². The van der Waals surface area contributed by atoms with Crippen molar-refractivity contribution < 1.29 is 13.2 Å². The molecule has 1 aliphatic heterocycles. The molecule has 0 amide bonds. The van der Waals surface area contributed by atoms with Crippen molar-refractivity contribution in [2.24, 2.45) is 10.4 Å². The van der Waals surface area contributed by atoms with E-state index in [1.54, 1.807) is 31.3 Å². The van der Waals surface area contributed by atoms with Crippen LogP contribution in [-0.2, 0) is 9.84 Å². The second-order valence-electron chi connectivity index (χ2n) is 6.90. The maximum atomic E-state index is 11.4. The van der Waals surface area contributed by atoms with Crippen LogP contribution in [0.15, 0.2) is 34.2 Å². The molecule has 0 saturated carbocycles. The zero-order valence-corrected chi connectivity index (χ0v) is 15.7. The fraction of sp³-hybridized carbons (Fsp3) is 0.588. The van der Waals surface area contributed by atoms with Crippen molar-refractivity contribution in [1.82, 2.24) is 10.2 Å². The molecule has 1 fully saturated rings. The fourth-order valence-electron chi connectivity index (χ4n) is 2.74. The minimum atomic E-state index is -3.17. The van der Waals surface area contributed by atoms with Crippen LogP contribution in [0.4, 0.5) is 0 Å². The largest absolute Gasteiger partial charge is 0.492 e. The Kier molecular flexibility index (Phi) is 5.74. The Morgan fingerprint density at radius 1 is 1.33 bits per heavy atom. The summed E-state index contributed by atoms with van der Waals surface area (Å²) in [6, 6.07) is 6.47. The summed E-state index contributed by atoms with van der Waals surface area (Å²) in [5, 5.41) is 3.31. The van der Waals surface area contributed by atoms with E-state index in [2.05, 4.69) is 29.1 Å². The number of hydrogen-bond donors (Lipinski definition) is 1. The number of aliphatic imine (C=N–C) groups is 1. The van der Waals surface area contributed by atoms with Gasteiger partial charge in [0, 0.05) is 26.4 Å². The third kappa shape index (κ3) is 5.12. The molecular formula is C17H27N3O3S. The number of sulfone groups is 1. The average molecular weight is 353 g/mol. The topological polar surface area (TPSA) is 71.0 Å². The van der Waals surface area contributed by atoms with E-state index in [0.29, 0.717) is 29.2 Å². The highest BCUT2D eigenvalue weighted by Crippen LogP contribution is 2.28. The van der Waals surface area contributed by atoms with Gasteiger partial charge in [-0.2, -0.15) is 0 Å². The second kappa shape index (κ2) is 7.42. The lowest BCUT2D eigenvalue weighted by atomic mass is 9.93. The predicted molar refractivity (Wildman–Crippen MR) is 96.4 cm³/mol. The van der Waals surface area contributed by atoms with Gasteiger partial charge in [0.05, 0.1) is 11.4 Å². The lowest BCUT2D eigenvalue weighted by Crippen LogP contribution is -2.42. The zero-order valence-electron chi connectivity index (χ0n) is 14.9. The Morgan fingerprint density at radius 3 is 2.50 bits per heavy atom. The quantitative estimate of drug-likeness (QED) is 0.496. The van der Waals surface area contributed by atoms with Gasteiger partial charge in [-0.05, 0) is 36.1 Å². The van der Waals surface area contributed by atoms with E-state index in [4.69, 9.17) is 4.74 Å². The molecule has 1 N–H and O–H groups in total. The summed E-state index contributed by atoms with van der Waals surface area (Å²) in [6.45, 7) is 7.67. The molecule has 1 saturated heterocycles. The molecule has 1 heterocycles. The molecule has 1 aromatic carbocycles. The maximum Gasteiger partial charge on any atom is 0.193 e. The van der Waals surface area contributed by atoms with E-state index < -0.39 is 9.84 Å². The Bertz CT molecular complexity index is 682. The molecule has 2 rings (SSSR count). The van der Waals surface area contributed by atoms with Crippen LogP contribution in [0.1, 0.15) is 20.3 Å². The Labute approximate surface area is 144 Å². The molecule has 0 bridgehead atoms. The highest BCUT2D eigenvalue weighted by molar-refractivity contribution is 7.90. The Balaban J connectivity index is 1.78. The number of benzene rings is 1. The Hall–Kier alpha value is -1.76. The van der Waals surface area contributed by atoms with Crippen LogP contribution in [0.2, 0.25) is 0 Å². The normalized spacial score (nSPS) is 17.8. The van der Waals surface area contributed by atoms with Gasteiger partial charge in [0.2, 0.25) is 0 Å². The maximum absolute atomic E-state index is 11.4. The van der Waals surface area contributed by atoms with Crippen molar-refractivity contribution in [1.29, 1.82) is 0 Å². The summed E-state index contributed by atoms with van der Waals surface area (Å²) in [7, 11) is -1.38. The third-order valence-electron chi connectivity index (χ3n) is 4.09. The van der Waals surface area contributed by atoms with Crippen LogP contribution >= 0.6 is 0 Å². The van der Waals surface area contributed by atoms with Gasteiger partial charge in [0.1, 0.15) is 12.4 Å². The van der Waals surface area contributed by atoms with Crippen molar-refractivity contribution in [2.45, 2.75) is 25.2 Å². The minimum Gasteiger partial charge on any atom is -0.492 e. The number of nitrogens with zero attached hydrogens (tertiary/aromatic N) is 2. The number of nitrogens with one attached hydrogen (secondary N) is 1. The molecule has 0 aromatic heterocycles. The van der Waals surface area contributed by atoms with E-state index in [9.17, 15) is 8.42 Å². The van der Waals surface area contributed by atoms with Gasteiger partial charge in [-0.1, -0.05) is 13.8 Å². The van der Waals surface area contributed by atoms with Gasteiger partial charge in [0.15, 0.2) is 15.8 Å². The molecule has 0 spiro atoms. The van der Waals surface area contributed by atoms with Crippen LogP contribution in [0.5, 0.6) is 5.75 Å². The molecule has 6 nitrogen and oxygen atoms in total. The van der Waals surface area contributed by atoms with E-state index >= 15 is 0 Å². The van der Waals surface area contributed by atoms with Crippen LogP contribution in [0.3, 0.4) is 0 Å². The first kappa shape index (κ1) is 18.6. The van der Waals surface area contributed by atoms with Gasteiger partial charge >= 0.3 is 0 Å². The van der Waals surface area contributed by atoms with Gasteiger partial charge in [-0.3, -0.25) is 4.99 Å². The lowest BCUT2D eigenvalue weighted by molar-refractivity contribution is 0.317. The van der Waals surface area contributed by atoms with Crippen LogP contribution in [-0.4, -0.2) is 58.8 Å². The summed E-state index contributed by atoms with van der Waals surface area (Å²) in [4.78, 5) is 6.89. The first-order chi connectivity index (χ1) is 11.2. The highest BCUT2D eigenvalue weighted by Gasteiger charge is 2.30. The predicted octanol–water partition coefficient (Wildman–Crippen LogP) is 1.78. The van der Waals surface area contributed by atoms with Crippen molar-refractivity contribution in [3.05, 3.63) is 24.3 Å². The molecule has 1 aliphatic rings. The van der Waals surface area contributed by atoms with Crippen molar-refractivity contribution >= 4 is 15.8 Å². The molecular weight excluding hydrogens is 326 g/mol. The monoisotopic (exact) mass is 353 g/mol. The van der Waals surface area contributed by atoms with Crippen molar-refractivity contribution in [2.75, 3.05) is 39.5 Å². The summed E-state index contributed by atoms with van der Waals surface area (Å²) in [6.07, 6.45) is 2.36. The molecule has 24 heavy (non-hydrogen) atoms. The third-order valence-corrected chi connectivity index (χ3v) is 5.22. The molecule has 0 unspecified atom stereocenters. The summed E-state index contributed by atoms with van der Waals surface area (Å²) < 4.78 is 28.5. The second-order valence-corrected chi connectivity index (χ2v) is 8.92. The van der Waals surface area contributed by atoms with Crippen LogP contribution in [0.25, 0.3) is 0 Å². The molecule has 1 aromatic rings. The Morgan fingerprint density at radius 2 is 2.00 bits per heavy atom. The van der Waals surface area contributed by atoms with Crippen LogP contribution < -0.4 is 10.1 Å². The summed E-state index contributed by atoms with van der Waals surface area (Å²) in [5.74, 6) is 1.55. The number of guanidine groups is 1. The fourth-order valence-corrected chi connectivity index (χ4v) is 3.37. The highest BCUT2D eigenvalue weighted by atomic mass is 32.2. The number of rotatable bonds is 5. The SMILES string of the molecule is CN=C(NCCOc1ccc(S(C)(=O)=O)cc1)N1CCC(C)(C)C1. The van der Waals surface area contributed by atoms with Crippen LogP contribution in [0, 0.1) is 5.41 Å². The number of hydrogen-bond acceptors (Lipinski definition) is 4. The molecule has 0 radical (unpaired) electrons. The lowest BCUT2D eigenvalue weighted by Gasteiger charge is -2.23. The summed E-state index contributed by atoms with van der Waals surface area (Å²) in [5.41, 5.74) is 0.329. The van der Waals surface area contributed by atoms with Gasteiger partial charge in [0.25, 0.3) is 0 Å². The standard InChI is InChI=1S/C17H27N3O3S/c1-17(2)9-11-20(13-17)16(18-3)19-10-12-23-14-5-7-15(8-6-14)24(4,21)22/h5-8H,9-13H2,1-4H3,(H,18,19). The molecule has 0 atom stereocenters. The molecule has 0 aliphatic carbocycles. The first-order valence-electron chi connectivity index (χ1n) is 8.10. The molecule has 7 heteroatoms. The van der Waals surface area contributed by atoms with Crippen molar-refractivity contribution in [3.8, 4) is 5.75 Å².